The van der Waals surface area contributed by atoms with Crippen molar-refractivity contribution in [1.29, 1.82) is 5.26 Å². The van der Waals surface area contributed by atoms with Gasteiger partial charge in [-0.3, -0.25) is 19.6 Å². The lowest BCUT2D eigenvalue weighted by molar-refractivity contribution is -0.128. The number of anilines is 1. The maximum atomic E-state index is 16.9. The van der Waals surface area contributed by atoms with Crippen LogP contribution in [0, 0.1) is 23.0 Å². The van der Waals surface area contributed by atoms with Gasteiger partial charge in [0.05, 0.1) is 47.7 Å². The van der Waals surface area contributed by atoms with E-state index in [1.54, 1.807) is 35.2 Å². The summed E-state index contributed by atoms with van der Waals surface area (Å²) in [5, 5.41) is 11.0. The number of carbonyl (C=O) groups excluding carboxylic acids is 1. The zero-order chi connectivity index (χ0) is 36.5. The number of carbonyl (C=O) groups is 1. The molecule has 0 radical (unpaired) electrons. The predicted octanol–water partition coefficient (Wildman–Crippen LogP) is 5.60. The summed E-state index contributed by atoms with van der Waals surface area (Å²) >= 11 is 6.44. The van der Waals surface area contributed by atoms with Gasteiger partial charge in [0, 0.05) is 62.5 Å². The Labute approximate surface area is 311 Å². The number of aromatic nitrogens is 3. The van der Waals surface area contributed by atoms with Crippen molar-refractivity contribution in [2.75, 3.05) is 77.1 Å². The third-order valence-corrected chi connectivity index (χ3v) is 11.6. The fourth-order valence-electron chi connectivity index (χ4n) is 8.48. The molecule has 53 heavy (non-hydrogen) atoms. The molecule has 4 fully saturated rings. The highest BCUT2D eigenvalue weighted by Gasteiger charge is 2.45. The maximum absolute atomic E-state index is 16.9. The number of morpholine rings is 1. The lowest BCUT2D eigenvalue weighted by atomic mass is 9.95. The first-order valence-corrected chi connectivity index (χ1v) is 18.7. The standard InChI is InChI=1S/C39H41ClF2N8O3/c40-33-30(41)9-8-26-5-1-6-28(32(26)33)35-34(42)36-29(23-44-35)37(46-38(45-36)53-25-39-11-3-15-49(39)16-4-12-39)48-17-18-50(27(24-48)10-13-43)31(51)7-2-14-47-19-21-52-22-20-47/h1-2,5-9,23,27H,3-4,10-12,14-22,24-25H2/b7-2+/t27-/m0/s1. The molecule has 4 saturated heterocycles. The number of hydrogen-bond acceptors (Lipinski definition) is 10. The van der Waals surface area contributed by atoms with E-state index in [2.05, 4.69) is 25.8 Å². The lowest BCUT2D eigenvalue weighted by Gasteiger charge is -2.41. The average molecular weight is 743 g/mol. The Hall–Kier alpha value is -4.48. The number of fused-ring (bicyclic) bond motifs is 3. The van der Waals surface area contributed by atoms with Gasteiger partial charge in [-0.1, -0.05) is 41.9 Å². The molecule has 0 N–H and O–H groups in total. The Morgan fingerprint density at radius 2 is 1.89 bits per heavy atom. The summed E-state index contributed by atoms with van der Waals surface area (Å²) in [6.45, 7) is 7.07. The number of rotatable bonds is 9. The van der Waals surface area contributed by atoms with E-state index < -0.39 is 17.7 Å². The van der Waals surface area contributed by atoms with E-state index in [0.717, 1.165) is 51.9 Å². The highest BCUT2D eigenvalue weighted by Crippen LogP contribution is 2.41. The third-order valence-electron chi connectivity index (χ3n) is 11.2. The van der Waals surface area contributed by atoms with Crippen molar-refractivity contribution in [2.45, 2.75) is 43.7 Å². The fourth-order valence-corrected chi connectivity index (χ4v) is 8.76. The summed E-state index contributed by atoms with van der Waals surface area (Å²) in [5.41, 5.74) is 0.226. The van der Waals surface area contributed by atoms with Gasteiger partial charge in [-0.05, 0) is 50.2 Å². The molecular formula is C39H41ClF2N8O3. The quantitative estimate of drug-likeness (QED) is 0.201. The van der Waals surface area contributed by atoms with Gasteiger partial charge in [-0.15, -0.1) is 0 Å². The largest absolute Gasteiger partial charge is 0.461 e. The molecule has 0 spiro atoms. The van der Waals surface area contributed by atoms with Gasteiger partial charge in [0.25, 0.3) is 0 Å². The van der Waals surface area contributed by atoms with Gasteiger partial charge < -0.3 is 19.3 Å². The van der Waals surface area contributed by atoms with Crippen LogP contribution in [0.25, 0.3) is 32.9 Å². The van der Waals surface area contributed by atoms with Gasteiger partial charge >= 0.3 is 6.01 Å². The Kier molecular flexibility index (Phi) is 10.1. The molecular weight excluding hydrogens is 702 g/mol. The van der Waals surface area contributed by atoms with Gasteiger partial charge in [0.2, 0.25) is 5.91 Å². The highest BCUT2D eigenvalue weighted by molar-refractivity contribution is 6.36. The first-order chi connectivity index (χ1) is 25.8. The number of nitriles is 1. The van der Waals surface area contributed by atoms with Gasteiger partial charge in [0.15, 0.2) is 5.82 Å². The van der Waals surface area contributed by atoms with E-state index in [1.165, 1.54) is 12.3 Å². The number of ether oxygens (including phenoxy) is 2. The minimum atomic E-state index is -0.710. The van der Waals surface area contributed by atoms with Crippen molar-refractivity contribution in [3.05, 3.63) is 65.3 Å². The predicted molar refractivity (Wildman–Crippen MR) is 198 cm³/mol. The summed E-state index contributed by atoms with van der Waals surface area (Å²) in [6.07, 6.45) is 9.31. The molecule has 4 aliphatic heterocycles. The molecule has 1 atom stereocenters. The van der Waals surface area contributed by atoms with E-state index >= 15 is 4.39 Å². The second-order valence-corrected chi connectivity index (χ2v) is 14.7. The van der Waals surface area contributed by atoms with E-state index in [-0.39, 0.29) is 40.1 Å². The van der Waals surface area contributed by atoms with Crippen molar-refractivity contribution in [2.24, 2.45) is 0 Å². The molecule has 2 aromatic heterocycles. The lowest BCUT2D eigenvalue weighted by Crippen LogP contribution is -2.55. The molecule has 6 heterocycles. The summed E-state index contributed by atoms with van der Waals surface area (Å²) in [6, 6.07) is 9.93. The molecule has 1 amide bonds. The molecule has 4 aromatic rings. The minimum absolute atomic E-state index is 0.00751. The highest BCUT2D eigenvalue weighted by atomic mass is 35.5. The van der Waals surface area contributed by atoms with Crippen LogP contribution < -0.4 is 9.64 Å². The van der Waals surface area contributed by atoms with E-state index in [0.29, 0.717) is 73.5 Å². The Bertz CT molecular complexity index is 2100. The molecule has 0 aliphatic carbocycles. The summed E-state index contributed by atoms with van der Waals surface area (Å²) in [4.78, 5) is 35.9. The first-order valence-electron chi connectivity index (χ1n) is 18.4. The third kappa shape index (κ3) is 6.89. The molecule has 2 aromatic carbocycles. The topological polar surface area (TPSA) is 111 Å². The minimum Gasteiger partial charge on any atom is -0.461 e. The van der Waals surface area contributed by atoms with E-state index in [1.807, 2.05) is 11.0 Å². The Morgan fingerprint density at radius 3 is 2.68 bits per heavy atom. The van der Waals surface area contributed by atoms with Crippen molar-refractivity contribution in [1.82, 2.24) is 29.7 Å². The molecule has 276 valence electrons. The first kappa shape index (κ1) is 35.5. The smallest absolute Gasteiger partial charge is 0.319 e. The van der Waals surface area contributed by atoms with Crippen molar-refractivity contribution in [3.63, 3.8) is 0 Å². The van der Waals surface area contributed by atoms with Crippen LogP contribution in [0.1, 0.15) is 32.1 Å². The molecule has 14 heteroatoms. The second kappa shape index (κ2) is 15.1. The summed E-state index contributed by atoms with van der Waals surface area (Å²) < 4.78 is 43.4. The molecule has 11 nitrogen and oxygen atoms in total. The summed E-state index contributed by atoms with van der Waals surface area (Å²) in [7, 11) is 0. The molecule has 4 aliphatic rings. The van der Waals surface area contributed by atoms with Crippen LogP contribution >= 0.6 is 11.6 Å². The van der Waals surface area contributed by atoms with Crippen LogP contribution in [-0.2, 0) is 9.53 Å². The normalized spacial score (nSPS) is 20.8. The second-order valence-electron chi connectivity index (χ2n) is 14.3. The van der Waals surface area contributed by atoms with Crippen molar-refractivity contribution >= 4 is 45.0 Å². The van der Waals surface area contributed by atoms with Crippen molar-refractivity contribution in [3.8, 4) is 23.3 Å². The number of pyridine rings is 1. The van der Waals surface area contributed by atoms with Crippen LogP contribution in [-0.4, -0.2) is 119 Å². The van der Waals surface area contributed by atoms with E-state index in [4.69, 9.17) is 26.1 Å². The van der Waals surface area contributed by atoms with Crippen molar-refractivity contribution < 1.29 is 23.0 Å². The molecule has 0 unspecified atom stereocenters. The van der Waals surface area contributed by atoms with Crippen LogP contribution in [0.3, 0.4) is 0 Å². The van der Waals surface area contributed by atoms with E-state index in [9.17, 15) is 14.4 Å². The van der Waals surface area contributed by atoms with Crippen LogP contribution in [0.2, 0.25) is 5.02 Å². The Morgan fingerprint density at radius 1 is 1.08 bits per heavy atom. The number of amides is 1. The fraction of sp³-hybridized carbons (Fsp3) is 0.462. The number of nitrogens with zero attached hydrogens (tertiary/aromatic N) is 8. The van der Waals surface area contributed by atoms with Crippen LogP contribution in [0.5, 0.6) is 6.01 Å². The molecule has 0 bridgehead atoms. The monoisotopic (exact) mass is 742 g/mol. The van der Waals surface area contributed by atoms with Gasteiger partial charge in [-0.2, -0.15) is 15.2 Å². The SMILES string of the molecule is N#CC[C@H]1CN(c2nc(OCC34CCCN3CCC4)nc3c(F)c(-c4cccc5ccc(F)c(Cl)c45)ncc23)CCN1C(=O)/C=C/CN1CCOCC1. The Balaban J connectivity index is 1.14. The van der Waals surface area contributed by atoms with Crippen LogP contribution in [0.4, 0.5) is 14.6 Å². The number of hydrogen-bond donors (Lipinski definition) is 0. The van der Waals surface area contributed by atoms with Crippen LogP contribution in [0.15, 0.2) is 48.7 Å². The number of halogens is 3. The van der Waals surface area contributed by atoms with Gasteiger partial charge in [0.1, 0.15) is 29.5 Å². The average Bonchev–Trinajstić information content (AvgIpc) is 3.77. The number of benzene rings is 2. The molecule has 8 rings (SSSR count). The zero-order valence-electron chi connectivity index (χ0n) is 29.4. The number of piperazine rings is 1. The maximum Gasteiger partial charge on any atom is 0.319 e. The summed E-state index contributed by atoms with van der Waals surface area (Å²) in [5.74, 6) is -1.07. The molecule has 0 saturated carbocycles. The van der Waals surface area contributed by atoms with Gasteiger partial charge in [-0.25, -0.2) is 8.78 Å². The zero-order valence-corrected chi connectivity index (χ0v) is 30.2.